The molecular formula is C23H28O4. The van der Waals surface area contributed by atoms with Crippen molar-refractivity contribution < 1.29 is 19.0 Å². The summed E-state index contributed by atoms with van der Waals surface area (Å²) >= 11 is 0. The Morgan fingerprint density at radius 2 is 1.89 bits per heavy atom. The summed E-state index contributed by atoms with van der Waals surface area (Å²) in [4.78, 5) is 12.4. The van der Waals surface area contributed by atoms with Gasteiger partial charge >= 0.3 is 5.97 Å². The number of fused-ring (bicyclic) bond motifs is 1. The Labute approximate surface area is 161 Å². The number of esters is 1. The van der Waals surface area contributed by atoms with Crippen molar-refractivity contribution in [3.63, 3.8) is 0 Å². The van der Waals surface area contributed by atoms with Gasteiger partial charge in [-0.25, -0.2) is 4.79 Å². The van der Waals surface area contributed by atoms with Crippen LogP contribution in [0, 0.1) is 0 Å². The van der Waals surface area contributed by atoms with Crippen LogP contribution in [-0.4, -0.2) is 12.3 Å². The Bertz CT molecular complexity index is 751. The van der Waals surface area contributed by atoms with E-state index in [0.29, 0.717) is 17.9 Å². The fraction of sp³-hybridized carbons (Fsp3) is 0.435. The molecule has 1 heterocycles. The van der Waals surface area contributed by atoms with E-state index in [-0.39, 0.29) is 12.3 Å². The molecule has 4 heteroatoms. The molecule has 1 unspecified atom stereocenters. The van der Waals surface area contributed by atoms with Crippen LogP contribution in [0.2, 0.25) is 0 Å². The SMILES string of the molecule is CCCCCC1OCc2cc(C(=O)Oc3ccc(CCC)cc3)ccc2O1. The summed E-state index contributed by atoms with van der Waals surface area (Å²) in [6.45, 7) is 4.78. The lowest BCUT2D eigenvalue weighted by Crippen LogP contribution is -2.25. The average Bonchev–Trinajstić information content (AvgIpc) is 2.69. The highest BCUT2D eigenvalue weighted by atomic mass is 16.7. The van der Waals surface area contributed by atoms with Crippen molar-refractivity contribution in [2.45, 2.75) is 65.3 Å². The van der Waals surface area contributed by atoms with Gasteiger partial charge in [0.05, 0.1) is 12.2 Å². The Morgan fingerprint density at radius 3 is 2.63 bits per heavy atom. The number of unbranched alkanes of at least 4 members (excludes halogenated alkanes) is 2. The number of carbonyl (C=O) groups is 1. The minimum atomic E-state index is -0.369. The van der Waals surface area contributed by atoms with Crippen LogP contribution in [0.4, 0.5) is 0 Å². The zero-order valence-corrected chi connectivity index (χ0v) is 16.2. The van der Waals surface area contributed by atoms with Crippen molar-refractivity contribution in [3.05, 3.63) is 59.2 Å². The van der Waals surface area contributed by atoms with Gasteiger partial charge in [0.15, 0.2) is 6.29 Å². The Balaban J connectivity index is 1.60. The van der Waals surface area contributed by atoms with Gasteiger partial charge in [-0.05, 0) is 48.7 Å². The van der Waals surface area contributed by atoms with Crippen molar-refractivity contribution in [3.8, 4) is 11.5 Å². The van der Waals surface area contributed by atoms with Gasteiger partial charge in [-0.3, -0.25) is 0 Å². The number of hydrogen-bond donors (Lipinski definition) is 0. The van der Waals surface area contributed by atoms with E-state index in [1.54, 1.807) is 12.1 Å². The van der Waals surface area contributed by atoms with Crippen LogP contribution >= 0.6 is 0 Å². The van der Waals surface area contributed by atoms with Gasteiger partial charge in [0.2, 0.25) is 0 Å². The van der Waals surface area contributed by atoms with E-state index in [0.717, 1.165) is 37.0 Å². The Hall–Kier alpha value is -2.33. The molecule has 0 amide bonds. The molecule has 0 bridgehead atoms. The first-order valence-corrected chi connectivity index (χ1v) is 9.92. The fourth-order valence-corrected chi connectivity index (χ4v) is 3.17. The van der Waals surface area contributed by atoms with Crippen LogP contribution in [0.15, 0.2) is 42.5 Å². The van der Waals surface area contributed by atoms with Crippen molar-refractivity contribution >= 4 is 5.97 Å². The van der Waals surface area contributed by atoms with Crippen LogP contribution in [-0.2, 0) is 17.8 Å². The minimum Gasteiger partial charge on any atom is -0.465 e. The Morgan fingerprint density at radius 1 is 1.07 bits per heavy atom. The third kappa shape index (κ3) is 5.33. The number of carbonyl (C=O) groups excluding carboxylic acids is 1. The average molecular weight is 368 g/mol. The smallest absolute Gasteiger partial charge is 0.343 e. The van der Waals surface area contributed by atoms with Gasteiger partial charge in [-0.15, -0.1) is 0 Å². The van der Waals surface area contributed by atoms with Crippen LogP contribution < -0.4 is 9.47 Å². The van der Waals surface area contributed by atoms with Gasteiger partial charge in [0, 0.05) is 12.0 Å². The van der Waals surface area contributed by atoms with Gasteiger partial charge in [0.1, 0.15) is 11.5 Å². The third-order valence-corrected chi connectivity index (χ3v) is 4.70. The highest BCUT2D eigenvalue weighted by Crippen LogP contribution is 2.29. The molecule has 2 aromatic rings. The van der Waals surface area contributed by atoms with E-state index in [4.69, 9.17) is 14.2 Å². The normalized spacial score (nSPS) is 15.7. The molecule has 0 saturated heterocycles. The maximum atomic E-state index is 12.4. The van der Waals surface area contributed by atoms with Gasteiger partial charge in [0.25, 0.3) is 0 Å². The summed E-state index contributed by atoms with van der Waals surface area (Å²) in [6, 6.07) is 13.1. The molecule has 0 radical (unpaired) electrons. The summed E-state index contributed by atoms with van der Waals surface area (Å²) in [7, 11) is 0. The predicted molar refractivity (Wildman–Crippen MR) is 105 cm³/mol. The van der Waals surface area contributed by atoms with E-state index >= 15 is 0 Å². The first-order chi connectivity index (χ1) is 13.2. The number of hydrogen-bond acceptors (Lipinski definition) is 4. The molecule has 0 saturated carbocycles. The van der Waals surface area contributed by atoms with E-state index in [1.807, 2.05) is 30.3 Å². The van der Waals surface area contributed by atoms with Crippen molar-refractivity contribution in [1.29, 1.82) is 0 Å². The molecule has 2 aromatic carbocycles. The monoisotopic (exact) mass is 368 g/mol. The molecule has 0 fully saturated rings. The summed E-state index contributed by atoms with van der Waals surface area (Å²) in [5.74, 6) is 0.982. The second kappa shape index (κ2) is 9.56. The molecule has 4 nitrogen and oxygen atoms in total. The predicted octanol–water partition coefficient (Wildman–Crippen LogP) is 5.67. The first-order valence-electron chi connectivity index (χ1n) is 9.92. The van der Waals surface area contributed by atoms with E-state index < -0.39 is 0 Å². The maximum absolute atomic E-state index is 12.4. The number of ether oxygens (including phenoxy) is 3. The van der Waals surface area contributed by atoms with Crippen molar-refractivity contribution in [1.82, 2.24) is 0 Å². The largest absolute Gasteiger partial charge is 0.465 e. The molecule has 27 heavy (non-hydrogen) atoms. The molecule has 0 aromatic heterocycles. The van der Waals surface area contributed by atoms with Gasteiger partial charge < -0.3 is 14.2 Å². The highest BCUT2D eigenvalue weighted by Gasteiger charge is 2.21. The lowest BCUT2D eigenvalue weighted by atomic mass is 10.1. The molecule has 3 rings (SSSR count). The van der Waals surface area contributed by atoms with E-state index in [1.165, 1.54) is 18.4 Å². The molecule has 0 aliphatic carbocycles. The van der Waals surface area contributed by atoms with Crippen molar-refractivity contribution in [2.24, 2.45) is 0 Å². The molecule has 1 aliphatic rings. The zero-order chi connectivity index (χ0) is 19.1. The number of aryl methyl sites for hydroxylation is 1. The maximum Gasteiger partial charge on any atom is 0.343 e. The van der Waals surface area contributed by atoms with Gasteiger partial charge in [-0.2, -0.15) is 0 Å². The molecule has 0 N–H and O–H groups in total. The molecule has 1 aliphatic heterocycles. The van der Waals surface area contributed by atoms with Crippen molar-refractivity contribution in [2.75, 3.05) is 0 Å². The standard InChI is InChI=1S/C23H28O4/c1-3-5-6-8-22-25-16-19-15-18(11-14-21(19)27-22)23(24)26-20-12-9-17(7-4-2)10-13-20/h9-15,22H,3-8,16H2,1-2H3. The summed E-state index contributed by atoms with van der Waals surface area (Å²) in [5.41, 5.74) is 2.63. The lowest BCUT2D eigenvalue weighted by Gasteiger charge is -2.26. The van der Waals surface area contributed by atoms with Crippen LogP contribution in [0.3, 0.4) is 0 Å². The lowest BCUT2D eigenvalue weighted by molar-refractivity contribution is -0.112. The number of benzene rings is 2. The van der Waals surface area contributed by atoms with Crippen LogP contribution in [0.1, 0.15) is 67.4 Å². The minimum absolute atomic E-state index is 0.191. The first kappa shape index (κ1) is 19.4. The summed E-state index contributed by atoms with van der Waals surface area (Å²) in [5, 5.41) is 0. The van der Waals surface area contributed by atoms with E-state index in [9.17, 15) is 4.79 Å². The van der Waals surface area contributed by atoms with Crippen LogP contribution in [0.5, 0.6) is 11.5 Å². The topological polar surface area (TPSA) is 44.8 Å². The molecular weight excluding hydrogens is 340 g/mol. The molecule has 144 valence electrons. The molecule has 0 spiro atoms. The summed E-state index contributed by atoms with van der Waals surface area (Å²) < 4.78 is 17.1. The third-order valence-electron chi connectivity index (χ3n) is 4.70. The highest BCUT2D eigenvalue weighted by molar-refractivity contribution is 5.91. The van der Waals surface area contributed by atoms with E-state index in [2.05, 4.69) is 13.8 Å². The quantitative estimate of drug-likeness (QED) is 0.342. The zero-order valence-electron chi connectivity index (χ0n) is 16.2. The van der Waals surface area contributed by atoms with Gasteiger partial charge in [-0.1, -0.05) is 45.2 Å². The summed E-state index contributed by atoms with van der Waals surface area (Å²) in [6.07, 6.45) is 6.28. The number of rotatable bonds is 8. The molecule has 1 atom stereocenters. The Kier molecular flexibility index (Phi) is 6.88. The fourth-order valence-electron chi connectivity index (χ4n) is 3.17. The second-order valence-electron chi connectivity index (χ2n) is 6.96. The van der Waals surface area contributed by atoms with Crippen LogP contribution in [0.25, 0.3) is 0 Å². The second-order valence-corrected chi connectivity index (χ2v) is 6.96.